The second-order valence-electron chi connectivity index (χ2n) is 5.79. The lowest BCUT2D eigenvalue weighted by atomic mass is 9.84. The lowest BCUT2D eigenvalue weighted by molar-refractivity contribution is 0.317. The van der Waals surface area contributed by atoms with Gasteiger partial charge in [0.15, 0.2) is 0 Å². The van der Waals surface area contributed by atoms with Crippen LogP contribution in [0, 0.1) is 11.3 Å². The van der Waals surface area contributed by atoms with Gasteiger partial charge in [0.1, 0.15) is 0 Å². The normalized spacial score (nSPS) is 26.1. The Bertz CT molecular complexity index is 296. The molecule has 0 fully saturated rings. The molecule has 0 aromatic rings. The first-order chi connectivity index (χ1) is 7.07. The number of rotatable bonds is 0. The molecule has 0 unspecified atom stereocenters. The zero-order valence-corrected chi connectivity index (χ0v) is 10.2. The fourth-order valence-corrected chi connectivity index (χ4v) is 2.37. The first-order valence-corrected chi connectivity index (χ1v) is 6.15. The van der Waals surface area contributed by atoms with Crippen LogP contribution in [-0.2, 0) is 0 Å². The second kappa shape index (κ2) is 4.00. The van der Waals surface area contributed by atoms with Gasteiger partial charge in [0.2, 0.25) is 0 Å². The van der Waals surface area contributed by atoms with Crippen LogP contribution < -0.4 is 0 Å². The van der Waals surface area contributed by atoms with E-state index in [-0.39, 0.29) is 0 Å². The standard InChI is InChI=1S/C15H22/c1-12-4-6-13-8-10-15(2,3)11-9-14(13)7-5-12/h4-7,12H,8-11H2,1-3H3. The molecule has 0 saturated heterocycles. The Morgan fingerprint density at radius 3 is 1.93 bits per heavy atom. The van der Waals surface area contributed by atoms with Crippen LogP contribution in [0.2, 0.25) is 0 Å². The van der Waals surface area contributed by atoms with Gasteiger partial charge in [-0.3, -0.25) is 0 Å². The predicted molar refractivity (Wildman–Crippen MR) is 66.7 cm³/mol. The smallest absolute Gasteiger partial charge is 0.00754 e. The Kier molecular flexibility index (Phi) is 2.86. The van der Waals surface area contributed by atoms with Crippen molar-refractivity contribution < 1.29 is 0 Å². The molecule has 0 radical (unpaired) electrons. The molecular formula is C15H22. The molecule has 2 rings (SSSR count). The van der Waals surface area contributed by atoms with Crippen LogP contribution in [0.5, 0.6) is 0 Å². The minimum absolute atomic E-state index is 0.527. The lowest BCUT2D eigenvalue weighted by Gasteiger charge is -2.21. The van der Waals surface area contributed by atoms with Crippen LogP contribution in [0.4, 0.5) is 0 Å². The quantitative estimate of drug-likeness (QED) is 0.536. The molecule has 0 aromatic heterocycles. The van der Waals surface area contributed by atoms with Crippen LogP contribution in [0.1, 0.15) is 46.5 Å². The van der Waals surface area contributed by atoms with Crippen molar-refractivity contribution in [3.63, 3.8) is 0 Å². The molecule has 0 bridgehead atoms. The highest BCUT2D eigenvalue weighted by molar-refractivity contribution is 5.37. The number of hydrogen-bond donors (Lipinski definition) is 0. The third-order valence-corrected chi connectivity index (χ3v) is 3.76. The predicted octanol–water partition coefficient (Wildman–Crippen LogP) is 4.65. The SMILES string of the molecule is CC1C=CC2=C(C=C1)CCC(C)(C)CC2. The summed E-state index contributed by atoms with van der Waals surface area (Å²) in [6.45, 7) is 7.05. The maximum Gasteiger partial charge on any atom is -0.00754 e. The summed E-state index contributed by atoms with van der Waals surface area (Å²) in [7, 11) is 0. The Morgan fingerprint density at radius 2 is 1.47 bits per heavy atom. The number of allylic oxidation sites excluding steroid dienone is 6. The van der Waals surface area contributed by atoms with Crippen molar-refractivity contribution in [2.75, 3.05) is 0 Å². The van der Waals surface area contributed by atoms with Crippen molar-refractivity contribution in [2.45, 2.75) is 46.5 Å². The Labute approximate surface area is 93.8 Å². The minimum atomic E-state index is 0.527. The van der Waals surface area contributed by atoms with Crippen LogP contribution >= 0.6 is 0 Å². The molecule has 0 spiro atoms. The fraction of sp³-hybridized carbons (Fsp3) is 0.600. The van der Waals surface area contributed by atoms with Crippen LogP contribution in [0.3, 0.4) is 0 Å². The van der Waals surface area contributed by atoms with Gasteiger partial charge in [0.05, 0.1) is 0 Å². The Hall–Kier alpha value is -0.780. The molecule has 0 atom stereocenters. The van der Waals surface area contributed by atoms with Crippen molar-refractivity contribution in [1.82, 2.24) is 0 Å². The van der Waals surface area contributed by atoms with E-state index in [2.05, 4.69) is 45.1 Å². The first-order valence-electron chi connectivity index (χ1n) is 6.15. The van der Waals surface area contributed by atoms with Gasteiger partial charge in [-0.25, -0.2) is 0 Å². The van der Waals surface area contributed by atoms with E-state index in [0.717, 1.165) is 0 Å². The van der Waals surface area contributed by atoms with E-state index in [9.17, 15) is 0 Å². The van der Waals surface area contributed by atoms with E-state index in [0.29, 0.717) is 11.3 Å². The molecule has 0 N–H and O–H groups in total. The van der Waals surface area contributed by atoms with Crippen molar-refractivity contribution in [3.05, 3.63) is 35.5 Å². The highest BCUT2D eigenvalue weighted by Crippen LogP contribution is 2.38. The Balaban J connectivity index is 2.21. The summed E-state index contributed by atoms with van der Waals surface area (Å²) < 4.78 is 0. The van der Waals surface area contributed by atoms with Gasteiger partial charge in [0, 0.05) is 0 Å². The van der Waals surface area contributed by atoms with Gasteiger partial charge in [0.25, 0.3) is 0 Å². The molecular weight excluding hydrogens is 180 g/mol. The molecule has 0 saturated carbocycles. The van der Waals surface area contributed by atoms with E-state index >= 15 is 0 Å². The Morgan fingerprint density at radius 1 is 1.00 bits per heavy atom. The summed E-state index contributed by atoms with van der Waals surface area (Å²) in [5.74, 6) is 0.602. The van der Waals surface area contributed by atoms with Crippen molar-refractivity contribution in [3.8, 4) is 0 Å². The topological polar surface area (TPSA) is 0 Å². The van der Waals surface area contributed by atoms with Gasteiger partial charge in [-0.05, 0) is 48.2 Å². The van der Waals surface area contributed by atoms with E-state index in [1.54, 1.807) is 11.1 Å². The highest BCUT2D eigenvalue weighted by atomic mass is 14.3. The maximum absolute atomic E-state index is 2.40. The van der Waals surface area contributed by atoms with Crippen LogP contribution in [0.15, 0.2) is 35.5 Å². The number of hydrogen-bond acceptors (Lipinski definition) is 0. The van der Waals surface area contributed by atoms with Crippen LogP contribution in [-0.4, -0.2) is 0 Å². The average molecular weight is 202 g/mol. The molecule has 2 aliphatic carbocycles. The molecule has 0 nitrogen and oxygen atoms in total. The third kappa shape index (κ3) is 2.62. The summed E-state index contributed by atoms with van der Waals surface area (Å²) in [5.41, 5.74) is 3.70. The first kappa shape index (κ1) is 10.7. The van der Waals surface area contributed by atoms with Gasteiger partial charge < -0.3 is 0 Å². The van der Waals surface area contributed by atoms with E-state index in [4.69, 9.17) is 0 Å². The summed E-state index contributed by atoms with van der Waals surface area (Å²) in [5, 5.41) is 0. The summed E-state index contributed by atoms with van der Waals surface area (Å²) >= 11 is 0. The zero-order valence-electron chi connectivity index (χ0n) is 10.2. The zero-order chi connectivity index (χ0) is 10.9. The third-order valence-electron chi connectivity index (χ3n) is 3.76. The van der Waals surface area contributed by atoms with Crippen molar-refractivity contribution >= 4 is 0 Å². The van der Waals surface area contributed by atoms with E-state index in [1.807, 2.05) is 0 Å². The monoisotopic (exact) mass is 202 g/mol. The second-order valence-corrected chi connectivity index (χ2v) is 5.79. The minimum Gasteiger partial charge on any atom is -0.0776 e. The van der Waals surface area contributed by atoms with Gasteiger partial charge >= 0.3 is 0 Å². The van der Waals surface area contributed by atoms with Gasteiger partial charge in [-0.2, -0.15) is 0 Å². The van der Waals surface area contributed by atoms with E-state index < -0.39 is 0 Å². The maximum atomic E-state index is 2.40. The molecule has 0 aromatic carbocycles. The molecule has 2 aliphatic rings. The largest absolute Gasteiger partial charge is 0.0776 e. The molecule has 0 aliphatic heterocycles. The van der Waals surface area contributed by atoms with Gasteiger partial charge in [-0.1, -0.05) is 45.1 Å². The van der Waals surface area contributed by atoms with Crippen molar-refractivity contribution in [1.29, 1.82) is 0 Å². The molecule has 82 valence electrons. The lowest BCUT2D eigenvalue weighted by Crippen LogP contribution is -2.09. The van der Waals surface area contributed by atoms with Crippen LogP contribution in [0.25, 0.3) is 0 Å². The van der Waals surface area contributed by atoms with Gasteiger partial charge in [-0.15, -0.1) is 0 Å². The van der Waals surface area contributed by atoms with Crippen molar-refractivity contribution in [2.24, 2.45) is 11.3 Å². The molecule has 0 heteroatoms. The molecule has 15 heavy (non-hydrogen) atoms. The molecule has 0 heterocycles. The molecule has 0 amide bonds. The fourth-order valence-electron chi connectivity index (χ4n) is 2.37. The summed E-state index contributed by atoms with van der Waals surface area (Å²) in [4.78, 5) is 0. The summed E-state index contributed by atoms with van der Waals surface area (Å²) in [6.07, 6.45) is 14.6. The highest BCUT2D eigenvalue weighted by Gasteiger charge is 2.22. The summed E-state index contributed by atoms with van der Waals surface area (Å²) in [6, 6.07) is 0. The van der Waals surface area contributed by atoms with E-state index in [1.165, 1.54) is 25.7 Å². The average Bonchev–Trinajstić information content (AvgIpc) is 2.42.